The molecule has 0 fully saturated rings. The molecular formula is C18H19N5O3S2. The molecule has 2 amide bonds. The SMILES string of the molecule is CCN1CCc2nc(NC(=O)Cc3csc(NC(=O)c4ccco4)n3)sc2C1. The Balaban J connectivity index is 1.33. The first-order valence-electron chi connectivity index (χ1n) is 8.90. The van der Waals surface area contributed by atoms with Gasteiger partial charge in [0.15, 0.2) is 16.0 Å². The minimum absolute atomic E-state index is 0.123. The first-order valence-corrected chi connectivity index (χ1v) is 10.6. The van der Waals surface area contributed by atoms with Gasteiger partial charge in [0, 0.05) is 29.8 Å². The molecule has 0 atom stereocenters. The molecule has 3 aromatic rings. The lowest BCUT2D eigenvalue weighted by Crippen LogP contribution is -2.29. The topological polar surface area (TPSA) is 100 Å². The minimum Gasteiger partial charge on any atom is -0.459 e. The Bertz CT molecular complexity index is 979. The van der Waals surface area contributed by atoms with E-state index in [9.17, 15) is 9.59 Å². The lowest BCUT2D eigenvalue weighted by Gasteiger charge is -2.23. The second-order valence-corrected chi connectivity index (χ2v) is 8.25. The summed E-state index contributed by atoms with van der Waals surface area (Å²) in [6.45, 7) is 5.06. The van der Waals surface area contributed by atoms with E-state index in [0.717, 1.165) is 31.7 Å². The lowest BCUT2D eigenvalue weighted by atomic mass is 10.2. The number of hydrogen-bond donors (Lipinski definition) is 2. The molecule has 8 nitrogen and oxygen atoms in total. The third-order valence-electron chi connectivity index (χ3n) is 4.36. The highest BCUT2D eigenvalue weighted by Crippen LogP contribution is 2.28. The Morgan fingerprint density at radius 3 is 2.96 bits per heavy atom. The van der Waals surface area contributed by atoms with Crippen LogP contribution in [0.5, 0.6) is 0 Å². The summed E-state index contributed by atoms with van der Waals surface area (Å²) in [5, 5.41) is 8.34. The Hall–Kier alpha value is -2.56. The molecule has 0 spiro atoms. The Kier molecular flexibility index (Phi) is 5.51. The van der Waals surface area contributed by atoms with E-state index in [0.29, 0.717) is 16.0 Å². The number of nitrogens with one attached hydrogen (secondary N) is 2. The van der Waals surface area contributed by atoms with Crippen molar-refractivity contribution in [2.75, 3.05) is 23.7 Å². The van der Waals surface area contributed by atoms with Crippen LogP contribution in [0.25, 0.3) is 0 Å². The van der Waals surface area contributed by atoms with Crippen LogP contribution in [0, 0.1) is 0 Å². The predicted molar refractivity (Wildman–Crippen MR) is 108 cm³/mol. The molecule has 28 heavy (non-hydrogen) atoms. The smallest absolute Gasteiger partial charge is 0.293 e. The second-order valence-electron chi connectivity index (χ2n) is 6.31. The summed E-state index contributed by atoms with van der Waals surface area (Å²) in [5.74, 6) is -0.332. The number of carbonyl (C=O) groups excluding carboxylic acids is 2. The van der Waals surface area contributed by atoms with Gasteiger partial charge in [0.25, 0.3) is 5.91 Å². The fourth-order valence-electron chi connectivity index (χ4n) is 2.91. The Morgan fingerprint density at radius 1 is 1.29 bits per heavy atom. The van der Waals surface area contributed by atoms with E-state index < -0.39 is 0 Å². The molecule has 4 heterocycles. The highest BCUT2D eigenvalue weighted by atomic mass is 32.1. The van der Waals surface area contributed by atoms with E-state index in [1.807, 2.05) is 0 Å². The molecule has 0 saturated heterocycles. The Morgan fingerprint density at radius 2 is 2.18 bits per heavy atom. The number of rotatable bonds is 6. The molecule has 0 bridgehead atoms. The number of thiazole rings is 2. The zero-order chi connectivity index (χ0) is 19.5. The van der Waals surface area contributed by atoms with E-state index in [1.54, 1.807) is 17.5 Å². The molecule has 1 aliphatic heterocycles. The first kappa shape index (κ1) is 18.8. The number of amides is 2. The Labute approximate surface area is 169 Å². The van der Waals surface area contributed by atoms with Crippen molar-refractivity contribution in [2.45, 2.75) is 26.3 Å². The van der Waals surface area contributed by atoms with Crippen molar-refractivity contribution < 1.29 is 14.0 Å². The van der Waals surface area contributed by atoms with Gasteiger partial charge in [0.1, 0.15) is 0 Å². The van der Waals surface area contributed by atoms with Crippen LogP contribution in [0.15, 0.2) is 28.2 Å². The molecule has 146 valence electrons. The third-order valence-corrected chi connectivity index (χ3v) is 6.17. The highest BCUT2D eigenvalue weighted by molar-refractivity contribution is 7.16. The highest BCUT2D eigenvalue weighted by Gasteiger charge is 2.20. The summed E-state index contributed by atoms with van der Waals surface area (Å²) >= 11 is 2.80. The van der Waals surface area contributed by atoms with Crippen molar-refractivity contribution in [3.63, 3.8) is 0 Å². The molecule has 0 saturated carbocycles. The van der Waals surface area contributed by atoms with Crippen LogP contribution in [0.3, 0.4) is 0 Å². The monoisotopic (exact) mass is 417 g/mol. The molecule has 0 aromatic carbocycles. The zero-order valence-corrected chi connectivity index (χ0v) is 16.9. The average molecular weight is 418 g/mol. The average Bonchev–Trinajstić information content (AvgIpc) is 3.41. The number of furan rings is 1. The maximum Gasteiger partial charge on any atom is 0.293 e. The summed E-state index contributed by atoms with van der Waals surface area (Å²) in [4.78, 5) is 36.7. The number of aromatic nitrogens is 2. The number of anilines is 2. The fraction of sp³-hybridized carbons (Fsp3) is 0.333. The maximum absolute atomic E-state index is 12.3. The molecular weight excluding hydrogens is 398 g/mol. The normalized spacial score (nSPS) is 13.9. The number of carbonyl (C=O) groups is 2. The van der Waals surface area contributed by atoms with Crippen molar-refractivity contribution in [3.8, 4) is 0 Å². The van der Waals surface area contributed by atoms with Gasteiger partial charge in [0.2, 0.25) is 5.91 Å². The van der Waals surface area contributed by atoms with Crippen molar-refractivity contribution in [1.82, 2.24) is 14.9 Å². The van der Waals surface area contributed by atoms with Crippen LogP contribution in [0.4, 0.5) is 10.3 Å². The van der Waals surface area contributed by atoms with Crippen molar-refractivity contribution in [1.29, 1.82) is 0 Å². The van der Waals surface area contributed by atoms with Gasteiger partial charge in [-0.1, -0.05) is 6.92 Å². The van der Waals surface area contributed by atoms with Gasteiger partial charge in [-0.2, -0.15) is 0 Å². The summed E-state index contributed by atoms with van der Waals surface area (Å²) in [6.07, 6.45) is 2.47. The summed E-state index contributed by atoms with van der Waals surface area (Å²) in [7, 11) is 0. The van der Waals surface area contributed by atoms with Crippen molar-refractivity contribution in [2.24, 2.45) is 0 Å². The molecule has 0 radical (unpaired) electrons. The summed E-state index contributed by atoms with van der Waals surface area (Å²) in [5.41, 5.74) is 1.68. The minimum atomic E-state index is -0.371. The van der Waals surface area contributed by atoms with E-state index in [1.165, 1.54) is 33.8 Å². The third kappa shape index (κ3) is 4.29. The quantitative estimate of drug-likeness (QED) is 0.639. The molecule has 3 aromatic heterocycles. The molecule has 0 aliphatic carbocycles. The van der Waals surface area contributed by atoms with Gasteiger partial charge < -0.3 is 9.73 Å². The van der Waals surface area contributed by atoms with Crippen molar-refractivity contribution in [3.05, 3.63) is 45.8 Å². The maximum atomic E-state index is 12.3. The number of hydrogen-bond acceptors (Lipinski definition) is 8. The standard InChI is InChI=1S/C18H19N5O3S2/c1-2-23-6-5-12-14(9-23)28-18(20-12)21-15(24)8-11-10-27-17(19-11)22-16(25)13-4-3-7-26-13/h3-4,7,10H,2,5-6,8-9H2,1H3,(H,19,22,25)(H,20,21,24). The van der Waals surface area contributed by atoms with Crippen LogP contribution >= 0.6 is 22.7 Å². The summed E-state index contributed by atoms with van der Waals surface area (Å²) < 4.78 is 5.05. The van der Waals surface area contributed by atoms with Crippen LogP contribution < -0.4 is 10.6 Å². The van der Waals surface area contributed by atoms with E-state index in [2.05, 4.69) is 32.4 Å². The number of nitrogens with zero attached hydrogens (tertiary/aromatic N) is 3. The second kappa shape index (κ2) is 8.21. The van der Waals surface area contributed by atoms with Crippen molar-refractivity contribution >= 4 is 44.8 Å². The van der Waals surface area contributed by atoms with Gasteiger partial charge in [-0.05, 0) is 18.7 Å². The van der Waals surface area contributed by atoms with Gasteiger partial charge in [-0.15, -0.1) is 22.7 Å². The molecule has 0 unspecified atom stereocenters. The van der Waals surface area contributed by atoms with Crippen LogP contribution in [-0.2, 0) is 24.2 Å². The molecule has 10 heteroatoms. The molecule has 2 N–H and O–H groups in total. The van der Waals surface area contributed by atoms with Gasteiger partial charge in [0.05, 0.1) is 24.1 Å². The molecule has 1 aliphatic rings. The number of likely N-dealkylation sites (N-methyl/N-ethyl adjacent to an activating group) is 1. The van der Waals surface area contributed by atoms with Crippen LogP contribution in [0.1, 0.15) is 33.7 Å². The predicted octanol–water partition coefficient (Wildman–Crippen LogP) is 3.00. The van der Waals surface area contributed by atoms with Gasteiger partial charge in [-0.25, -0.2) is 9.97 Å². The number of fused-ring (bicyclic) bond motifs is 1. The largest absolute Gasteiger partial charge is 0.459 e. The van der Waals surface area contributed by atoms with Gasteiger partial charge in [-0.3, -0.25) is 19.8 Å². The first-order chi connectivity index (χ1) is 13.6. The van der Waals surface area contributed by atoms with Gasteiger partial charge >= 0.3 is 0 Å². The van der Waals surface area contributed by atoms with Crippen LogP contribution in [0.2, 0.25) is 0 Å². The zero-order valence-electron chi connectivity index (χ0n) is 15.2. The van der Waals surface area contributed by atoms with E-state index in [-0.39, 0.29) is 24.0 Å². The lowest BCUT2D eigenvalue weighted by molar-refractivity contribution is -0.115. The van der Waals surface area contributed by atoms with Crippen LogP contribution in [-0.4, -0.2) is 39.8 Å². The van der Waals surface area contributed by atoms with E-state index >= 15 is 0 Å². The van der Waals surface area contributed by atoms with E-state index in [4.69, 9.17) is 4.42 Å². The fourth-order valence-corrected chi connectivity index (χ4v) is 4.68. The summed E-state index contributed by atoms with van der Waals surface area (Å²) in [6, 6.07) is 3.22. The molecule has 4 rings (SSSR count).